The highest BCUT2D eigenvalue weighted by Gasteiger charge is 2.08. The molecule has 0 unspecified atom stereocenters. The summed E-state index contributed by atoms with van der Waals surface area (Å²) in [6.07, 6.45) is 0.346. The van der Waals surface area contributed by atoms with Crippen molar-refractivity contribution in [3.63, 3.8) is 0 Å². The number of nitrogens with two attached hydrogens (primary N) is 1. The second kappa shape index (κ2) is 5.54. The number of amides is 1. The second-order valence-electron chi connectivity index (χ2n) is 4.96. The van der Waals surface area contributed by atoms with Crippen molar-refractivity contribution in [2.24, 2.45) is 0 Å². The third kappa shape index (κ3) is 3.20. The Morgan fingerprint density at radius 1 is 1.24 bits per heavy atom. The zero-order chi connectivity index (χ0) is 14.8. The summed E-state index contributed by atoms with van der Waals surface area (Å²) in [6.45, 7) is 2.02. The number of hydrogen-bond donors (Lipinski definition) is 2. The number of benzene rings is 2. The number of aryl methyl sites for hydroxylation is 1. The van der Waals surface area contributed by atoms with Gasteiger partial charge in [0, 0.05) is 5.69 Å². The molecule has 0 radical (unpaired) electrons. The van der Waals surface area contributed by atoms with Crippen molar-refractivity contribution >= 4 is 38.3 Å². The lowest BCUT2D eigenvalue weighted by Gasteiger charge is -2.02. The third-order valence-corrected chi connectivity index (χ3v) is 4.08. The van der Waals surface area contributed by atoms with Gasteiger partial charge in [0.25, 0.3) is 0 Å². The fraction of sp³-hybridized carbons (Fsp3) is 0.125. The monoisotopic (exact) mass is 297 g/mol. The van der Waals surface area contributed by atoms with Crippen LogP contribution in [-0.2, 0) is 11.2 Å². The Kier molecular flexibility index (Phi) is 3.58. The van der Waals surface area contributed by atoms with Crippen LogP contribution in [0.1, 0.15) is 11.1 Å². The van der Waals surface area contributed by atoms with Crippen molar-refractivity contribution in [2.45, 2.75) is 13.3 Å². The van der Waals surface area contributed by atoms with Gasteiger partial charge in [0.15, 0.2) is 5.13 Å². The molecule has 0 aliphatic rings. The lowest BCUT2D eigenvalue weighted by atomic mass is 10.1. The number of nitrogen functional groups attached to an aromatic ring is 1. The number of aromatic nitrogens is 1. The van der Waals surface area contributed by atoms with Gasteiger partial charge in [-0.15, -0.1) is 0 Å². The average Bonchev–Trinajstić information content (AvgIpc) is 2.82. The molecule has 0 saturated carbocycles. The van der Waals surface area contributed by atoms with E-state index in [1.807, 2.05) is 43.3 Å². The molecule has 21 heavy (non-hydrogen) atoms. The van der Waals surface area contributed by atoms with Crippen LogP contribution in [0.25, 0.3) is 10.2 Å². The molecule has 4 nitrogen and oxygen atoms in total. The zero-order valence-electron chi connectivity index (χ0n) is 11.6. The van der Waals surface area contributed by atoms with Gasteiger partial charge in [-0.05, 0) is 30.7 Å². The van der Waals surface area contributed by atoms with E-state index < -0.39 is 0 Å². The number of fused-ring (bicyclic) bond motifs is 1. The van der Waals surface area contributed by atoms with Gasteiger partial charge >= 0.3 is 0 Å². The van der Waals surface area contributed by atoms with Gasteiger partial charge in [-0.2, -0.15) is 0 Å². The van der Waals surface area contributed by atoms with Gasteiger partial charge in [-0.3, -0.25) is 4.79 Å². The van der Waals surface area contributed by atoms with Crippen molar-refractivity contribution in [1.82, 2.24) is 4.98 Å². The summed E-state index contributed by atoms with van der Waals surface area (Å²) in [6, 6.07) is 13.5. The largest absolute Gasteiger partial charge is 0.399 e. The van der Waals surface area contributed by atoms with E-state index in [0.717, 1.165) is 15.8 Å². The molecule has 3 N–H and O–H groups in total. The third-order valence-electron chi connectivity index (χ3n) is 3.14. The van der Waals surface area contributed by atoms with Crippen LogP contribution < -0.4 is 11.1 Å². The molecule has 106 valence electrons. The minimum atomic E-state index is -0.0640. The predicted molar refractivity (Wildman–Crippen MR) is 87.5 cm³/mol. The Morgan fingerprint density at radius 2 is 2.00 bits per heavy atom. The number of anilines is 2. The Balaban J connectivity index is 1.72. The summed E-state index contributed by atoms with van der Waals surface area (Å²) in [5, 5.41) is 3.45. The van der Waals surface area contributed by atoms with E-state index in [-0.39, 0.29) is 5.91 Å². The number of nitrogens with one attached hydrogen (secondary N) is 1. The first-order valence-corrected chi connectivity index (χ1v) is 7.43. The van der Waals surface area contributed by atoms with E-state index in [0.29, 0.717) is 17.2 Å². The number of thiazole rings is 1. The number of carbonyl (C=O) groups excluding carboxylic acids is 1. The van der Waals surface area contributed by atoms with E-state index >= 15 is 0 Å². The minimum Gasteiger partial charge on any atom is -0.399 e. The molecule has 3 aromatic rings. The van der Waals surface area contributed by atoms with Crippen LogP contribution in [0, 0.1) is 6.92 Å². The SMILES string of the molecule is Cc1ccc(CC(=O)Nc2nc3ccc(N)cc3s2)cc1. The van der Waals surface area contributed by atoms with Crippen molar-refractivity contribution in [3.8, 4) is 0 Å². The van der Waals surface area contributed by atoms with Crippen LogP contribution in [-0.4, -0.2) is 10.9 Å². The summed E-state index contributed by atoms with van der Waals surface area (Å²) in [5.41, 5.74) is 9.46. The number of carbonyl (C=O) groups is 1. The van der Waals surface area contributed by atoms with Crippen LogP contribution in [0.5, 0.6) is 0 Å². The first kappa shape index (κ1) is 13.6. The van der Waals surface area contributed by atoms with Crippen LogP contribution >= 0.6 is 11.3 Å². The van der Waals surface area contributed by atoms with Crippen molar-refractivity contribution in [1.29, 1.82) is 0 Å². The molecular formula is C16H15N3OS. The summed E-state index contributed by atoms with van der Waals surface area (Å²) in [5.74, 6) is -0.0640. The Bertz CT molecular complexity index is 793. The van der Waals surface area contributed by atoms with Crippen LogP contribution in [0.15, 0.2) is 42.5 Å². The first-order chi connectivity index (χ1) is 10.1. The summed E-state index contributed by atoms with van der Waals surface area (Å²) >= 11 is 1.43. The normalized spacial score (nSPS) is 10.7. The molecular weight excluding hydrogens is 282 g/mol. The summed E-state index contributed by atoms with van der Waals surface area (Å²) < 4.78 is 0.973. The average molecular weight is 297 g/mol. The predicted octanol–water partition coefficient (Wildman–Crippen LogP) is 3.37. The molecule has 0 aliphatic heterocycles. The number of hydrogen-bond acceptors (Lipinski definition) is 4. The lowest BCUT2D eigenvalue weighted by Crippen LogP contribution is -2.14. The van der Waals surface area contributed by atoms with Gasteiger partial charge in [0.1, 0.15) is 0 Å². The number of nitrogens with zero attached hydrogens (tertiary/aromatic N) is 1. The van der Waals surface area contributed by atoms with E-state index in [9.17, 15) is 4.79 Å². The summed E-state index contributed by atoms with van der Waals surface area (Å²) in [4.78, 5) is 16.4. The van der Waals surface area contributed by atoms with Crippen molar-refractivity contribution in [3.05, 3.63) is 53.6 Å². The van der Waals surface area contributed by atoms with Gasteiger partial charge in [-0.25, -0.2) is 4.98 Å². The maximum atomic E-state index is 12.0. The molecule has 1 aromatic heterocycles. The molecule has 5 heteroatoms. The maximum absolute atomic E-state index is 12.0. The fourth-order valence-corrected chi connectivity index (χ4v) is 2.98. The molecule has 2 aromatic carbocycles. The molecule has 0 bridgehead atoms. The van der Waals surface area contributed by atoms with E-state index in [1.165, 1.54) is 16.9 Å². The molecule has 0 spiro atoms. The Morgan fingerprint density at radius 3 is 2.76 bits per heavy atom. The maximum Gasteiger partial charge on any atom is 0.230 e. The highest BCUT2D eigenvalue weighted by atomic mass is 32.1. The Labute approximate surface area is 126 Å². The van der Waals surface area contributed by atoms with Gasteiger partial charge in [0.05, 0.1) is 16.6 Å². The van der Waals surface area contributed by atoms with Crippen LogP contribution in [0.2, 0.25) is 0 Å². The smallest absolute Gasteiger partial charge is 0.230 e. The van der Waals surface area contributed by atoms with Gasteiger partial charge < -0.3 is 11.1 Å². The molecule has 0 atom stereocenters. The number of rotatable bonds is 3. The molecule has 3 rings (SSSR count). The fourth-order valence-electron chi connectivity index (χ4n) is 2.05. The molecule has 0 aliphatic carbocycles. The molecule has 0 fully saturated rings. The molecule has 1 amide bonds. The highest BCUT2D eigenvalue weighted by molar-refractivity contribution is 7.22. The first-order valence-electron chi connectivity index (χ1n) is 6.61. The second-order valence-corrected chi connectivity index (χ2v) is 5.99. The topological polar surface area (TPSA) is 68.0 Å². The Hall–Kier alpha value is -2.40. The van der Waals surface area contributed by atoms with Gasteiger partial charge in [0.2, 0.25) is 5.91 Å². The van der Waals surface area contributed by atoms with Crippen LogP contribution in [0.4, 0.5) is 10.8 Å². The van der Waals surface area contributed by atoms with E-state index in [4.69, 9.17) is 5.73 Å². The van der Waals surface area contributed by atoms with Gasteiger partial charge in [-0.1, -0.05) is 41.2 Å². The standard InChI is InChI=1S/C16H15N3OS/c1-10-2-4-11(5-3-10)8-15(20)19-16-18-13-7-6-12(17)9-14(13)21-16/h2-7,9H,8,17H2,1H3,(H,18,19,20). The van der Waals surface area contributed by atoms with E-state index in [1.54, 1.807) is 6.07 Å². The van der Waals surface area contributed by atoms with Crippen molar-refractivity contribution in [2.75, 3.05) is 11.1 Å². The zero-order valence-corrected chi connectivity index (χ0v) is 12.4. The summed E-state index contributed by atoms with van der Waals surface area (Å²) in [7, 11) is 0. The molecule has 0 saturated heterocycles. The minimum absolute atomic E-state index is 0.0640. The quantitative estimate of drug-likeness (QED) is 0.728. The highest BCUT2D eigenvalue weighted by Crippen LogP contribution is 2.27. The van der Waals surface area contributed by atoms with Crippen molar-refractivity contribution < 1.29 is 4.79 Å². The molecule has 1 heterocycles. The lowest BCUT2D eigenvalue weighted by molar-refractivity contribution is -0.115. The van der Waals surface area contributed by atoms with E-state index in [2.05, 4.69) is 10.3 Å². The van der Waals surface area contributed by atoms with Crippen LogP contribution in [0.3, 0.4) is 0 Å².